The van der Waals surface area contributed by atoms with E-state index in [-0.39, 0.29) is 11.8 Å². The standard InChI is InChI=1S/C23H22N4O2.C2HF3O2/c1-2-3-4-22(28)26-17-7-5-15(6-8-17)20-13-16(9-11-24-20)21-14-18-19(27-21)10-12-25-23(18)29;3-2(4,5)1(6)7/h2,5-9,11,13-14,27H,1,3-4,10,12H2,(H,25,29)(H,26,28);(H,6,7). The van der Waals surface area contributed by atoms with Crippen molar-refractivity contribution in [2.24, 2.45) is 0 Å². The Bertz CT molecular complexity index is 1270. The van der Waals surface area contributed by atoms with Crippen molar-refractivity contribution in [2.45, 2.75) is 25.4 Å². The van der Waals surface area contributed by atoms with E-state index in [1.807, 2.05) is 42.5 Å². The number of anilines is 1. The predicted octanol–water partition coefficient (Wildman–Crippen LogP) is 4.57. The van der Waals surface area contributed by atoms with Crippen LogP contribution in [-0.2, 0) is 16.0 Å². The Hall–Kier alpha value is -4.41. The second kappa shape index (κ2) is 11.3. The highest BCUT2D eigenvalue weighted by atomic mass is 19.4. The molecule has 2 aromatic heterocycles. The molecule has 0 unspecified atom stereocenters. The van der Waals surface area contributed by atoms with Gasteiger partial charge in [-0.15, -0.1) is 6.58 Å². The van der Waals surface area contributed by atoms with Gasteiger partial charge in [-0.2, -0.15) is 13.2 Å². The van der Waals surface area contributed by atoms with E-state index in [1.54, 1.807) is 12.3 Å². The number of hydrogen-bond donors (Lipinski definition) is 4. The van der Waals surface area contributed by atoms with Gasteiger partial charge in [0.25, 0.3) is 5.91 Å². The molecule has 1 aliphatic heterocycles. The van der Waals surface area contributed by atoms with E-state index in [9.17, 15) is 22.8 Å². The van der Waals surface area contributed by atoms with Crippen LogP contribution in [-0.4, -0.2) is 45.6 Å². The van der Waals surface area contributed by atoms with Crippen LogP contribution >= 0.6 is 0 Å². The number of carbonyl (C=O) groups is 3. The summed E-state index contributed by atoms with van der Waals surface area (Å²) in [5, 5.41) is 12.9. The molecule has 8 nitrogen and oxygen atoms in total. The summed E-state index contributed by atoms with van der Waals surface area (Å²) >= 11 is 0. The van der Waals surface area contributed by atoms with Crippen LogP contribution < -0.4 is 10.6 Å². The number of alkyl halides is 3. The molecule has 0 atom stereocenters. The summed E-state index contributed by atoms with van der Waals surface area (Å²) in [7, 11) is 0. The molecule has 36 heavy (non-hydrogen) atoms. The lowest BCUT2D eigenvalue weighted by Crippen LogP contribution is -2.31. The Kier molecular flexibility index (Phi) is 8.26. The monoisotopic (exact) mass is 500 g/mol. The smallest absolute Gasteiger partial charge is 0.475 e. The molecule has 2 amide bonds. The molecule has 0 aliphatic carbocycles. The minimum atomic E-state index is -5.08. The Morgan fingerprint density at radius 2 is 1.83 bits per heavy atom. The van der Waals surface area contributed by atoms with E-state index >= 15 is 0 Å². The number of aromatic nitrogens is 2. The highest BCUT2D eigenvalue weighted by molar-refractivity contribution is 5.98. The number of carboxylic acids is 1. The first kappa shape index (κ1) is 26.2. The van der Waals surface area contributed by atoms with Gasteiger partial charge in [0.1, 0.15) is 0 Å². The Morgan fingerprint density at radius 3 is 2.44 bits per heavy atom. The van der Waals surface area contributed by atoms with Crippen LogP contribution in [0, 0.1) is 0 Å². The fourth-order valence-corrected chi connectivity index (χ4v) is 3.39. The van der Waals surface area contributed by atoms with Gasteiger partial charge in [-0.1, -0.05) is 18.2 Å². The van der Waals surface area contributed by atoms with Gasteiger partial charge in [-0.3, -0.25) is 14.6 Å². The van der Waals surface area contributed by atoms with Crippen LogP contribution in [0.4, 0.5) is 18.9 Å². The number of aromatic amines is 1. The van der Waals surface area contributed by atoms with Gasteiger partial charge >= 0.3 is 12.1 Å². The first-order valence-corrected chi connectivity index (χ1v) is 10.9. The van der Waals surface area contributed by atoms with Crippen molar-refractivity contribution in [1.29, 1.82) is 0 Å². The van der Waals surface area contributed by atoms with Crippen LogP contribution in [0.3, 0.4) is 0 Å². The summed E-state index contributed by atoms with van der Waals surface area (Å²) in [6, 6.07) is 13.4. The number of halogens is 3. The van der Waals surface area contributed by atoms with E-state index in [2.05, 4.69) is 27.2 Å². The summed E-state index contributed by atoms with van der Waals surface area (Å²) < 4.78 is 31.7. The Morgan fingerprint density at radius 1 is 1.14 bits per heavy atom. The van der Waals surface area contributed by atoms with E-state index < -0.39 is 12.1 Å². The van der Waals surface area contributed by atoms with Crippen LogP contribution in [0.15, 0.2) is 61.3 Å². The van der Waals surface area contributed by atoms with E-state index in [4.69, 9.17) is 9.90 Å². The third kappa shape index (κ3) is 6.81. The number of nitrogens with one attached hydrogen (secondary N) is 3. The number of hydrogen-bond acceptors (Lipinski definition) is 4. The van der Waals surface area contributed by atoms with Gasteiger partial charge in [0.15, 0.2) is 0 Å². The molecule has 188 valence electrons. The predicted molar refractivity (Wildman–Crippen MR) is 127 cm³/mol. The average Bonchev–Trinajstić information content (AvgIpc) is 3.29. The summed E-state index contributed by atoms with van der Waals surface area (Å²) in [6.45, 7) is 4.28. The number of benzene rings is 1. The number of H-pyrrole nitrogens is 1. The topological polar surface area (TPSA) is 124 Å². The summed E-state index contributed by atoms with van der Waals surface area (Å²) in [6.07, 6.45) is 0.292. The molecular weight excluding hydrogens is 477 g/mol. The van der Waals surface area contributed by atoms with Crippen molar-refractivity contribution in [3.63, 3.8) is 0 Å². The van der Waals surface area contributed by atoms with E-state index in [0.29, 0.717) is 24.9 Å². The second-order valence-electron chi connectivity index (χ2n) is 7.77. The first-order valence-electron chi connectivity index (χ1n) is 10.9. The third-order valence-electron chi connectivity index (χ3n) is 5.16. The minimum Gasteiger partial charge on any atom is -0.475 e. The zero-order chi connectivity index (χ0) is 26.3. The van der Waals surface area contributed by atoms with Gasteiger partial charge < -0.3 is 20.7 Å². The van der Waals surface area contributed by atoms with Gasteiger partial charge in [0.05, 0.1) is 11.3 Å². The number of carbonyl (C=O) groups excluding carboxylic acids is 2. The molecule has 0 radical (unpaired) electrons. The quantitative estimate of drug-likeness (QED) is 0.369. The normalized spacial score (nSPS) is 12.5. The third-order valence-corrected chi connectivity index (χ3v) is 5.16. The number of carboxylic acid groups (broad SMARTS) is 1. The number of pyridine rings is 1. The molecule has 0 fully saturated rings. The Balaban J connectivity index is 0.000000454. The number of nitrogens with zero attached hydrogens (tertiary/aromatic N) is 1. The highest BCUT2D eigenvalue weighted by Crippen LogP contribution is 2.27. The summed E-state index contributed by atoms with van der Waals surface area (Å²) in [5.41, 5.74) is 6.08. The average molecular weight is 500 g/mol. The van der Waals surface area contributed by atoms with Gasteiger partial charge in [-0.05, 0) is 36.8 Å². The summed E-state index contributed by atoms with van der Waals surface area (Å²) in [4.78, 5) is 40.6. The van der Waals surface area contributed by atoms with Crippen LogP contribution in [0.1, 0.15) is 28.9 Å². The number of amides is 2. The first-order chi connectivity index (χ1) is 17.1. The van der Waals surface area contributed by atoms with Crippen molar-refractivity contribution in [3.8, 4) is 22.5 Å². The fourth-order valence-electron chi connectivity index (χ4n) is 3.39. The number of rotatable bonds is 6. The molecule has 3 heterocycles. The highest BCUT2D eigenvalue weighted by Gasteiger charge is 2.38. The summed E-state index contributed by atoms with van der Waals surface area (Å²) in [5.74, 6) is -2.82. The maximum absolute atomic E-state index is 12.0. The second-order valence-corrected chi connectivity index (χ2v) is 7.77. The van der Waals surface area contributed by atoms with E-state index in [0.717, 1.165) is 40.3 Å². The largest absolute Gasteiger partial charge is 0.490 e. The number of aliphatic carboxylic acids is 1. The van der Waals surface area contributed by atoms with Gasteiger partial charge in [0.2, 0.25) is 5.91 Å². The van der Waals surface area contributed by atoms with Crippen LogP contribution in [0.2, 0.25) is 0 Å². The van der Waals surface area contributed by atoms with Crippen molar-refractivity contribution in [1.82, 2.24) is 15.3 Å². The van der Waals surface area contributed by atoms with Crippen molar-refractivity contribution in [3.05, 3.63) is 72.6 Å². The van der Waals surface area contributed by atoms with Gasteiger partial charge in [0, 0.05) is 53.8 Å². The number of fused-ring (bicyclic) bond motifs is 1. The molecule has 4 rings (SSSR count). The Labute approximate surface area is 204 Å². The van der Waals surface area contributed by atoms with Crippen molar-refractivity contribution < 1.29 is 32.7 Å². The molecule has 1 aliphatic rings. The molecular formula is C25H23F3N4O4. The maximum Gasteiger partial charge on any atom is 0.490 e. The SMILES string of the molecule is C=CCCC(=O)Nc1ccc(-c2cc(-c3cc4c([nH]3)CCNC4=O)ccn2)cc1.O=C(O)C(F)(F)F. The zero-order valence-electron chi connectivity index (χ0n) is 19.0. The van der Waals surface area contributed by atoms with Crippen molar-refractivity contribution in [2.75, 3.05) is 11.9 Å². The maximum atomic E-state index is 12.0. The minimum absolute atomic E-state index is 0.0301. The molecule has 0 saturated heterocycles. The lowest BCUT2D eigenvalue weighted by Gasteiger charge is -2.11. The molecule has 4 N–H and O–H groups in total. The molecule has 3 aromatic rings. The molecule has 0 bridgehead atoms. The number of allylic oxidation sites excluding steroid dienone is 1. The van der Waals surface area contributed by atoms with Crippen LogP contribution in [0.5, 0.6) is 0 Å². The van der Waals surface area contributed by atoms with Crippen LogP contribution in [0.25, 0.3) is 22.5 Å². The lowest BCUT2D eigenvalue weighted by molar-refractivity contribution is -0.192. The van der Waals surface area contributed by atoms with Crippen molar-refractivity contribution >= 4 is 23.5 Å². The molecule has 0 spiro atoms. The molecule has 1 aromatic carbocycles. The fraction of sp³-hybridized carbons (Fsp3) is 0.200. The van der Waals surface area contributed by atoms with E-state index in [1.165, 1.54) is 0 Å². The molecule has 11 heteroatoms. The van der Waals surface area contributed by atoms with Gasteiger partial charge in [-0.25, -0.2) is 4.79 Å². The molecule has 0 saturated carbocycles. The lowest BCUT2D eigenvalue weighted by atomic mass is 10.1. The zero-order valence-corrected chi connectivity index (χ0v) is 19.0.